The number of carbonyl (C=O) groups excluding carboxylic acids is 2. The zero-order valence-corrected chi connectivity index (χ0v) is 18.5. The van der Waals surface area contributed by atoms with E-state index in [2.05, 4.69) is 10.6 Å². The van der Waals surface area contributed by atoms with E-state index < -0.39 is 0 Å². The highest BCUT2D eigenvalue weighted by molar-refractivity contribution is 6.30. The van der Waals surface area contributed by atoms with E-state index in [4.69, 9.17) is 16.0 Å². The number of rotatable bonds is 10. The average molecular weight is 452 g/mol. The number of halogens is 1. The van der Waals surface area contributed by atoms with Gasteiger partial charge in [0.2, 0.25) is 5.91 Å². The van der Waals surface area contributed by atoms with Gasteiger partial charge < -0.3 is 15.1 Å². The van der Waals surface area contributed by atoms with E-state index in [0.717, 1.165) is 29.7 Å². The summed E-state index contributed by atoms with van der Waals surface area (Å²) in [6.07, 6.45) is 3.75. The second kappa shape index (κ2) is 10.5. The molecule has 0 atom stereocenters. The topological polar surface area (TPSA) is 74.6 Å². The van der Waals surface area contributed by atoms with Crippen LogP contribution in [0.15, 0.2) is 71.3 Å². The van der Waals surface area contributed by atoms with Gasteiger partial charge >= 0.3 is 0 Å². The third-order valence-electron chi connectivity index (χ3n) is 5.26. The molecule has 1 aliphatic rings. The maximum absolute atomic E-state index is 12.6. The van der Waals surface area contributed by atoms with Crippen LogP contribution in [0.3, 0.4) is 0 Å². The van der Waals surface area contributed by atoms with Gasteiger partial charge in [-0.05, 0) is 60.4 Å². The van der Waals surface area contributed by atoms with Crippen LogP contribution >= 0.6 is 11.6 Å². The van der Waals surface area contributed by atoms with Crippen LogP contribution in [-0.4, -0.2) is 29.3 Å². The van der Waals surface area contributed by atoms with Gasteiger partial charge in [0.05, 0.1) is 19.4 Å². The minimum atomic E-state index is -0.0769. The molecule has 7 heteroatoms. The molecule has 1 aromatic heterocycles. The number of hydrogen-bond donors (Lipinski definition) is 2. The van der Waals surface area contributed by atoms with Gasteiger partial charge in [-0.25, -0.2) is 0 Å². The Morgan fingerprint density at radius 2 is 1.69 bits per heavy atom. The maximum atomic E-state index is 12.6. The molecule has 1 heterocycles. The van der Waals surface area contributed by atoms with Crippen molar-refractivity contribution in [3.63, 3.8) is 0 Å². The lowest BCUT2D eigenvalue weighted by Gasteiger charge is -2.21. The summed E-state index contributed by atoms with van der Waals surface area (Å²) < 4.78 is 5.48. The second-order valence-electron chi connectivity index (χ2n) is 8.07. The first-order valence-corrected chi connectivity index (χ1v) is 11.1. The van der Waals surface area contributed by atoms with Crippen LogP contribution in [0.25, 0.3) is 0 Å². The largest absolute Gasteiger partial charge is 0.468 e. The molecule has 0 bridgehead atoms. The first-order valence-electron chi connectivity index (χ1n) is 10.7. The Hall–Kier alpha value is -3.09. The van der Waals surface area contributed by atoms with E-state index in [1.54, 1.807) is 18.4 Å². The summed E-state index contributed by atoms with van der Waals surface area (Å²) in [5, 5.41) is 6.62. The minimum Gasteiger partial charge on any atom is -0.468 e. The lowest BCUT2D eigenvalue weighted by atomic mass is 10.1. The van der Waals surface area contributed by atoms with Gasteiger partial charge in [0.1, 0.15) is 5.76 Å². The molecule has 2 N–H and O–H groups in total. The maximum Gasteiger partial charge on any atom is 0.251 e. The summed E-state index contributed by atoms with van der Waals surface area (Å²) in [5.41, 5.74) is 2.66. The zero-order chi connectivity index (χ0) is 22.3. The second-order valence-corrected chi connectivity index (χ2v) is 8.51. The number of nitrogens with zero attached hydrogens (tertiary/aromatic N) is 1. The quantitative estimate of drug-likeness (QED) is 0.485. The van der Waals surface area contributed by atoms with Crippen molar-refractivity contribution >= 4 is 23.4 Å². The van der Waals surface area contributed by atoms with E-state index in [0.29, 0.717) is 36.3 Å². The molecule has 1 aliphatic carbocycles. The SMILES string of the molecule is O=C(CN(Cc1ccc(C(=O)NC2CC2)cc1)Cc1ccco1)NCc1ccc(Cl)cc1. The fraction of sp³-hybridized carbons (Fsp3) is 0.280. The van der Waals surface area contributed by atoms with Crippen LogP contribution in [0.5, 0.6) is 0 Å². The predicted molar refractivity (Wildman–Crippen MR) is 123 cm³/mol. The van der Waals surface area contributed by atoms with E-state index in [1.165, 1.54) is 0 Å². The third-order valence-corrected chi connectivity index (χ3v) is 5.52. The molecule has 1 saturated carbocycles. The van der Waals surface area contributed by atoms with Crippen molar-refractivity contribution in [1.29, 1.82) is 0 Å². The molecule has 1 fully saturated rings. The smallest absolute Gasteiger partial charge is 0.251 e. The Balaban J connectivity index is 1.35. The highest BCUT2D eigenvalue weighted by atomic mass is 35.5. The fourth-order valence-corrected chi connectivity index (χ4v) is 3.49. The molecular weight excluding hydrogens is 426 g/mol. The van der Waals surface area contributed by atoms with Crippen molar-refractivity contribution in [2.45, 2.75) is 38.5 Å². The Morgan fingerprint density at radius 1 is 0.969 bits per heavy atom. The van der Waals surface area contributed by atoms with Crippen molar-refractivity contribution in [2.75, 3.05) is 6.54 Å². The molecule has 0 unspecified atom stereocenters. The fourth-order valence-electron chi connectivity index (χ4n) is 3.37. The first kappa shape index (κ1) is 22.1. The summed E-state index contributed by atoms with van der Waals surface area (Å²) >= 11 is 5.91. The zero-order valence-electron chi connectivity index (χ0n) is 17.7. The van der Waals surface area contributed by atoms with E-state index in [9.17, 15) is 9.59 Å². The molecule has 166 valence electrons. The Bertz CT molecular complexity index is 1030. The van der Waals surface area contributed by atoms with Gasteiger partial charge in [-0.3, -0.25) is 14.5 Å². The average Bonchev–Trinajstić information content (AvgIpc) is 3.45. The summed E-state index contributed by atoms with van der Waals surface area (Å²) in [5.74, 6) is 0.677. The molecule has 6 nitrogen and oxygen atoms in total. The lowest BCUT2D eigenvalue weighted by Crippen LogP contribution is -2.36. The number of nitrogens with one attached hydrogen (secondary N) is 2. The van der Waals surface area contributed by atoms with Crippen molar-refractivity contribution in [2.24, 2.45) is 0 Å². The van der Waals surface area contributed by atoms with E-state index in [-0.39, 0.29) is 18.4 Å². The van der Waals surface area contributed by atoms with E-state index in [1.807, 2.05) is 53.4 Å². The number of carbonyl (C=O) groups is 2. The molecule has 0 radical (unpaired) electrons. The minimum absolute atomic E-state index is 0.0342. The number of amides is 2. The number of benzene rings is 2. The van der Waals surface area contributed by atoms with Crippen LogP contribution in [0.1, 0.15) is 40.1 Å². The highest BCUT2D eigenvalue weighted by Gasteiger charge is 2.23. The van der Waals surface area contributed by atoms with Gasteiger partial charge in [0.15, 0.2) is 0 Å². The molecule has 0 saturated heterocycles. The molecule has 0 spiro atoms. The number of furan rings is 1. The third kappa shape index (κ3) is 6.70. The van der Waals surface area contributed by atoms with Crippen molar-refractivity contribution < 1.29 is 14.0 Å². The van der Waals surface area contributed by atoms with Crippen LogP contribution in [0, 0.1) is 0 Å². The summed E-state index contributed by atoms with van der Waals surface area (Å²) in [4.78, 5) is 26.8. The van der Waals surface area contributed by atoms with Gasteiger partial charge in [-0.1, -0.05) is 35.9 Å². The lowest BCUT2D eigenvalue weighted by molar-refractivity contribution is -0.122. The molecule has 32 heavy (non-hydrogen) atoms. The van der Waals surface area contributed by atoms with Gasteiger partial charge in [-0.15, -0.1) is 0 Å². The van der Waals surface area contributed by atoms with Gasteiger partial charge in [-0.2, -0.15) is 0 Å². The predicted octanol–water partition coefficient (Wildman–Crippen LogP) is 4.14. The van der Waals surface area contributed by atoms with Crippen molar-refractivity contribution in [3.05, 3.63) is 94.4 Å². The van der Waals surface area contributed by atoms with Crippen LogP contribution in [0.2, 0.25) is 5.02 Å². The standard InChI is InChI=1S/C25H26ClN3O3/c26-21-9-5-18(6-10-21)14-27-24(30)17-29(16-23-2-1-13-32-23)15-19-3-7-20(8-4-19)25(31)28-22-11-12-22/h1-10,13,22H,11-12,14-17H2,(H,27,30)(H,28,31). The Kier molecular flexibility index (Phi) is 7.24. The monoisotopic (exact) mass is 451 g/mol. The molecule has 2 aromatic carbocycles. The summed E-state index contributed by atoms with van der Waals surface area (Å²) in [6, 6.07) is 19.0. The normalized spacial score (nSPS) is 13.2. The Labute approximate surface area is 192 Å². The highest BCUT2D eigenvalue weighted by Crippen LogP contribution is 2.19. The molecule has 2 amide bonds. The number of hydrogen-bond acceptors (Lipinski definition) is 4. The van der Waals surface area contributed by atoms with Crippen LogP contribution in [-0.2, 0) is 24.4 Å². The van der Waals surface area contributed by atoms with E-state index >= 15 is 0 Å². The van der Waals surface area contributed by atoms with Crippen LogP contribution in [0.4, 0.5) is 0 Å². The van der Waals surface area contributed by atoms with Gasteiger partial charge in [0, 0.05) is 29.7 Å². The molecule has 3 aromatic rings. The summed E-state index contributed by atoms with van der Waals surface area (Å²) in [6.45, 7) is 1.72. The van der Waals surface area contributed by atoms with Crippen molar-refractivity contribution in [1.82, 2.24) is 15.5 Å². The first-order chi connectivity index (χ1) is 15.5. The summed E-state index contributed by atoms with van der Waals surface area (Å²) in [7, 11) is 0. The molecular formula is C25H26ClN3O3. The molecule has 4 rings (SSSR count). The van der Waals surface area contributed by atoms with Gasteiger partial charge in [0.25, 0.3) is 5.91 Å². The molecule has 0 aliphatic heterocycles. The van der Waals surface area contributed by atoms with Crippen molar-refractivity contribution in [3.8, 4) is 0 Å². The van der Waals surface area contributed by atoms with Crippen LogP contribution < -0.4 is 10.6 Å². The Morgan fingerprint density at radius 3 is 2.34 bits per heavy atom.